The molecular weight excluding hydrogens is 174 g/mol. The highest BCUT2D eigenvalue weighted by Crippen LogP contribution is 2.16. The van der Waals surface area contributed by atoms with Gasteiger partial charge in [-0.25, -0.2) is 0 Å². The normalized spacial score (nSPS) is 12.1. The molecule has 1 N–H and O–H groups in total. The maximum atomic E-state index is 8.75. The molecule has 0 bridgehead atoms. The van der Waals surface area contributed by atoms with Crippen molar-refractivity contribution in [2.45, 2.75) is 26.8 Å². The van der Waals surface area contributed by atoms with E-state index in [2.05, 4.69) is 30.2 Å². The maximum Gasteiger partial charge on any atom is 0.101 e. The Kier molecular flexibility index (Phi) is 3.61. The van der Waals surface area contributed by atoms with Crippen molar-refractivity contribution < 1.29 is 0 Å². The van der Waals surface area contributed by atoms with Crippen LogP contribution in [0, 0.1) is 18.3 Å². The van der Waals surface area contributed by atoms with Gasteiger partial charge in [-0.05, 0) is 32.0 Å². The van der Waals surface area contributed by atoms with Gasteiger partial charge in [0.1, 0.15) is 6.07 Å². The molecule has 3 nitrogen and oxygen atoms in total. The lowest BCUT2D eigenvalue weighted by atomic mass is 10.1. The number of nitrogens with zero attached hydrogens (tertiary/aromatic N) is 2. The third-order valence-corrected chi connectivity index (χ3v) is 2.23. The van der Waals surface area contributed by atoms with Crippen LogP contribution in [-0.4, -0.2) is 11.5 Å². The number of aryl methyl sites for hydroxylation is 1. The summed E-state index contributed by atoms with van der Waals surface area (Å²) >= 11 is 0. The zero-order chi connectivity index (χ0) is 10.6. The number of aromatic nitrogens is 1. The van der Waals surface area contributed by atoms with Crippen molar-refractivity contribution in [1.82, 2.24) is 10.3 Å². The van der Waals surface area contributed by atoms with Crippen molar-refractivity contribution in [3.8, 4) is 6.07 Å². The lowest BCUT2D eigenvalue weighted by Gasteiger charge is -2.14. The predicted octanol–water partition coefficient (Wildman–Crippen LogP) is 1.93. The lowest BCUT2D eigenvalue weighted by molar-refractivity contribution is 0.592. The van der Waals surface area contributed by atoms with Gasteiger partial charge in [-0.15, -0.1) is 0 Å². The van der Waals surface area contributed by atoms with E-state index in [1.807, 2.05) is 13.0 Å². The minimum absolute atomic E-state index is 0.251. The summed E-state index contributed by atoms with van der Waals surface area (Å²) in [5.41, 5.74) is 2.71. The van der Waals surface area contributed by atoms with E-state index in [-0.39, 0.29) is 6.04 Å². The minimum Gasteiger partial charge on any atom is -0.310 e. The first kappa shape index (κ1) is 10.7. The van der Waals surface area contributed by atoms with Crippen molar-refractivity contribution in [3.05, 3.63) is 29.1 Å². The number of pyridine rings is 1. The SMILES string of the molecule is CCNC(C)c1cc(C#N)cnc1C. The Morgan fingerprint density at radius 1 is 1.64 bits per heavy atom. The van der Waals surface area contributed by atoms with Crippen LogP contribution < -0.4 is 5.32 Å². The van der Waals surface area contributed by atoms with Crippen LogP contribution in [0.4, 0.5) is 0 Å². The van der Waals surface area contributed by atoms with E-state index in [0.717, 1.165) is 17.8 Å². The summed E-state index contributed by atoms with van der Waals surface area (Å²) in [5.74, 6) is 0. The van der Waals surface area contributed by atoms with Crippen LogP contribution in [-0.2, 0) is 0 Å². The van der Waals surface area contributed by atoms with Crippen LogP contribution in [0.3, 0.4) is 0 Å². The largest absolute Gasteiger partial charge is 0.310 e. The van der Waals surface area contributed by atoms with E-state index >= 15 is 0 Å². The van der Waals surface area contributed by atoms with Crippen LogP contribution in [0.2, 0.25) is 0 Å². The van der Waals surface area contributed by atoms with Gasteiger partial charge in [0.25, 0.3) is 0 Å². The Bertz CT molecular complexity index is 352. The number of hydrogen-bond acceptors (Lipinski definition) is 3. The van der Waals surface area contributed by atoms with Crippen LogP contribution in [0.25, 0.3) is 0 Å². The van der Waals surface area contributed by atoms with E-state index in [1.54, 1.807) is 6.20 Å². The van der Waals surface area contributed by atoms with Gasteiger partial charge < -0.3 is 5.32 Å². The molecule has 0 amide bonds. The second kappa shape index (κ2) is 4.73. The molecule has 1 rings (SSSR count). The van der Waals surface area contributed by atoms with Gasteiger partial charge in [-0.1, -0.05) is 6.92 Å². The first-order valence-corrected chi connectivity index (χ1v) is 4.79. The fraction of sp³-hybridized carbons (Fsp3) is 0.455. The average molecular weight is 189 g/mol. The molecule has 0 radical (unpaired) electrons. The highest BCUT2D eigenvalue weighted by atomic mass is 14.9. The third-order valence-electron chi connectivity index (χ3n) is 2.23. The quantitative estimate of drug-likeness (QED) is 0.790. The Morgan fingerprint density at radius 3 is 2.93 bits per heavy atom. The second-order valence-electron chi connectivity index (χ2n) is 3.29. The van der Waals surface area contributed by atoms with E-state index in [9.17, 15) is 0 Å². The molecule has 0 saturated carbocycles. The molecule has 1 heterocycles. The molecule has 1 aromatic heterocycles. The molecule has 1 atom stereocenters. The summed E-state index contributed by atoms with van der Waals surface area (Å²) in [6.07, 6.45) is 1.61. The Labute approximate surface area is 84.8 Å². The first-order valence-electron chi connectivity index (χ1n) is 4.79. The van der Waals surface area contributed by atoms with E-state index in [0.29, 0.717) is 5.56 Å². The summed E-state index contributed by atoms with van der Waals surface area (Å²) in [6, 6.07) is 4.25. The molecule has 74 valence electrons. The molecule has 3 heteroatoms. The maximum absolute atomic E-state index is 8.75. The van der Waals surface area contributed by atoms with Crippen molar-refractivity contribution >= 4 is 0 Å². The number of hydrogen-bond donors (Lipinski definition) is 1. The average Bonchev–Trinajstić information content (AvgIpc) is 2.19. The molecule has 0 aliphatic rings. The Morgan fingerprint density at radius 2 is 2.36 bits per heavy atom. The van der Waals surface area contributed by atoms with E-state index in [1.165, 1.54) is 0 Å². The van der Waals surface area contributed by atoms with Crippen molar-refractivity contribution in [2.75, 3.05) is 6.54 Å². The molecule has 1 unspecified atom stereocenters. The number of nitrogens with one attached hydrogen (secondary N) is 1. The Balaban J connectivity index is 3.01. The molecular formula is C11H15N3. The molecule has 0 fully saturated rings. The Hall–Kier alpha value is -1.40. The van der Waals surface area contributed by atoms with E-state index in [4.69, 9.17) is 5.26 Å². The molecule has 0 aromatic carbocycles. The topological polar surface area (TPSA) is 48.7 Å². The lowest BCUT2D eigenvalue weighted by Crippen LogP contribution is -2.19. The second-order valence-corrected chi connectivity index (χ2v) is 3.29. The van der Waals surface area contributed by atoms with Crippen LogP contribution in [0.5, 0.6) is 0 Å². The summed E-state index contributed by atoms with van der Waals surface area (Å²) in [7, 11) is 0. The van der Waals surface area contributed by atoms with Crippen molar-refractivity contribution in [1.29, 1.82) is 5.26 Å². The zero-order valence-corrected chi connectivity index (χ0v) is 8.83. The van der Waals surface area contributed by atoms with Crippen LogP contribution in [0.1, 0.15) is 36.7 Å². The van der Waals surface area contributed by atoms with Gasteiger partial charge in [-0.2, -0.15) is 5.26 Å². The summed E-state index contributed by atoms with van der Waals surface area (Å²) in [6.45, 7) is 7.02. The van der Waals surface area contributed by atoms with Gasteiger partial charge in [0.2, 0.25) is 0 Å². The predicted molar refractivity (Wildman–Crippen MR) is 55.8 cm³/mol. The molecule has 1 aromatic rings. The fourth-order valence-electron chi connectivity index (χ4n) is 1.47. The first-order chi connectivity index (χ1) is 6.69. The summed E-state index contributed by atoms with van der Waals surface area (Å²) in [4.78, 5) is 4.19. The summed E-state index contributed by atoms with van der Waals surface area (Å²) in [5, 5.41) is 12.1. The zero-order valence-electron chi connectivity index (χ0n) is 8.83. The van der Waals surface area contributed by atoms with Crippen LogP contribution in [0.15, 0.2) is 12.3 Å². The molecule has 0 saturated heterocycles. The summed E-state index contributed by atoms with van der Waals surface area (Å²) < 4.78 is 0. The number of rotatable bonds is 3. The number of nitriles is 1. The van der Waals surface area contributed by atoms with Gasteiger partial charge >= 0.3 is 0 Å². The monoisotopic (exact) mass is 189 g/mol. The third kappa shape index (κ3) is 2.30. The molecule has 0 spiro atoms. The molecule has 0 aliphatic heterocycles. The van der Waals surface area contributed by atoms with Gasteiger partial charge in [0, 0.05) is 17.9 Å². The van der Waals surface area contributed by atoms with Gasteiger partial charge in [0.05, 0.1) is 5.56 Å². The van der Waals surface area contributed by atoms with Crippen molar-refractivity contribution in [3.63, 3.8) is 0 Å². The minimum atomic E-state index is 0.251. The van der Waals surface area contributed by atoms with Gasteiger partial charge in [-0.3, -0.25) is 4.98 Å². The molecule has 14 heavy (non-hydrogen) atoms. The highest BCUT2D eigenvalue weighted by molar-refractivity contribution is 5.34. The van der Waals surface area contributed by atoms with Crippen LogP contribution >= 0.6 is 0 Å². The highest BCUT2D eigenvalue weighted by Gasteiger charge is 2.08. The fourth-order valence-corrected chi connectivity index (χ4v) is 1.47. The smallest absolute Gasteiger partial charge is 0.101 e. The standard InChI is InChI=1S/C11H15N3/c1-4-13-8(2)11-5-10(6-12)7-14-9(11)3/h5,7-8,13H,4H2,1-3H3. The van der Waals surface area contributed by atoms with Crippen molar-refractivity contribution in [2.24, 2.45) is 0 Å². The molecule has 0 aliphatic carbocycles. The van der Waals surface area contributed by atoms with Gasteiger partial charge in [0.15, 0.2) is 0 Å². The van der Waals surface area contributed by atoms with E-state index < -0.39 is 0 Å².